The fourth-order valence-electron chi connectivity index (χ4n) is 1.26. The van der Waals surface area contributed by atoms with E-state index in [0.29, 0.717) is 19.0 Å². The number of nitrogens with one attached hydrogen (secondary N) is 2. The summed E-state index contributed by atoms with van der Waals surface area (Å²) >= 11 is 0. The summed E-state index contributed by atoms with van der Waals surface area (Å²) in [5.41, 5.74) is -0.588. The molecule has 2 amide bonds. The second-order valence-electron chi connectivity index (χ2n) is 3.79. The van der Waals surface area contributed by atoms with E-state index in [1.165, 1.54) is 0 Å². The van der Waals surface area contributed by atoms with Crippen LogP contribution in [-0.2, 0) is 9.59 Å². The molecule has 7 heteroatoms. The van der Waals surface area contributed by atoms with Crippen molar-refractivity contribution in [1.29, 1.82) is 0 Å². The number of anilines is 1. The summed E-state index contributed by atoms with van der Waals surface area (Å²) in [4.78, 5) is 22.6. The van der Waals surface area contributed by atoms with Crippen LogP contribution in [0.3, 0.4) is 0 Å². The van der Waals surface area contributed by atoms with Gasteiger partial charge in [0.15, 0.2) is 17.5 Å². The van der Waals surface area contributed by atoms with Crippen LogP contribution in [0.1, 0.15) is 19.8 Å². The van der Waals surface area contributed by atoms with Gasteiger partial charge in [0.05, 0.1) is 5.69 Å². The quantitative estimate of drug-likeness (QED) is 0.501. The Morgan fingerprint density at radius 1 is 1.11 bits per heavy atom. The van der Waals surface area contributed by atoms with Crippen molar-refractivity contribution in [2.75, 3.05) is 11.9 Å². The first-order chi connectivity index (χ1) is 8.97. The zero-order valence-electron chi connectivity index (χ0n) is 10.2. The predicted molar refractivity (Wildman–Crippen MR) is 62.9 cm³/mol. The van der Waals surface area contributed by atoms with E-state index in [4.69, 9.17) is 0 Å². The largest absolute Gasteiger partial charge is 0.348 e. The van der Waals surface area contributed by atoms with Gasteiger partial charge in [-0.2, -0.15) is 0 Å². The Balaban J connectivity index is 2.67. The Bertz CT molecular complexity index is 492. The third kappa shape index (κ3) is 3.97. The molecule has 0 saturated heterocycles. The van der Waals surface area contributed by atoms with Crippen LogP contribution in [0.4, 0.5) is 18.9 Å². The highest BCUT2D eigenvalue weighted by Gasteiger charge is 2.18. The Morgan fingerprint density at radius 3 is 2.42 bits per heavy atom. The summed E-state index contributed by atoms with van der Waals surface area (Å²) in [6, 6.07) is 1.49. The molecule has 0 aromatic heterocycles. The van der Waals surface area contributed by atoms with Gasteiger partial charge < -0.3 is 10.6 Å². The third-order valence-corrected chi connectivity index (χ3v) is 2.31. The number of hydrogen-bond donors (Lipinski definition) is 2. The van der Waals surface area contributed by atoms with E-state index in [9.17, 15) is 22.8 Å². The van der Waals surface area contributed by atoms with Crippen molar-refractivity contribution < 1.29 is 22.8 Å². The zero-order valence-corrected chi connectivity index (χ0v) is 10.2. The molecule has 0 radical (unpaired) electrons. The van der Waals surface area contributed by atoms with Crippen LogP contribution < -0.4 is 10.6 Å². The van der Waals surface area contributed by atoms with Crippen molar-refractivity contribution in [3.05, 3.63) is 29.6 Å². The lowest BCUT2D eigenvalue weighted by atomic mass is 10.2. The molecular formula is C12H13F3N2O2. The normalized spacial score (nSPS) is 10.1. The average molecular weight is 274 g/mol. The predicted octanol–water partition coefficient (Wildman–Crippen LogP) is 1.96. The monoisotopic (exact) mass is 274 g/mol. The van der Waals surface area contributed by atoms with Gasteiger partial charge in [-0.3, -0.25) is 9.59 Å². The van der Waals surface area contributed by atoms with Gasteiger partial charge in [-0.05, 0) is 18.6 Å². The van der Waals surface area contributed by atoms with Crippen molar-refractivity contribution in [1.82, 2.24) is 5.32 Å². The SMILES string of the molecule is CCCCNC(=O)C(=O)Nc1ccc(F)c(F)c1F. The first-order valence-electron chi connectivity index (χ1n) is 5.70. The number of rotatable bonds is 4. The van der Waals surface area contributed by atoms with Gasteiger partial charge in [-0.15, -0.1) is 0 Å². The zero-order chi connectivity index (χ0) is 14.4. The molecule has 4 nitrogen and oxygen atoms in total. The maximum atomic E-state index is 13.2. The Hall–Kier alpha value is -2.05. The number of halogens is 3. The van der Waals surface area contributed by atoms with Crippen molar-refractivity contribution in [2.45, 2.75) is 19.8 Å². The van der Waals surface area contributed by atoms with Gasteiger partial charge in [0.25, 0.3) is 0 Å². The Labute approximate surface area is 108 Å². The van der Waals surface area contributed by atoms with Crippen LogP contribution in [0.5, 0.6) is 0 Å². The Kier molecular flexibility index (Phi) is 5.35. The number of carbonyl (C=O) groups is 2. The van der Waals surface area contributed by atoms with E-state index < -0.39 is 35.0 Å². The topological polar surface area (TPSA) is 58.2 Å². The van der Waals surface area contributed by atoms with Crippen LogP contribution >= 0.6 is 0 Å². The molecule has 0 saturated carbocycles. The highest BCUT2D eigenvalue weighted by atomic mass is 19.2. The van der Waals surface area contributed by atoms with Gasteiger partial charge in [-0.1, -0.05) is 13.3 Å². The lowest BCUT2D eigenvalue weighted by molar-refractivity contribution is -0.136. The molecule has 104 valence electrons. The van der Waals surface area contributed by atoms with Crippen molar-refractivity contribution in [3.63, 3.8) is 0 Å². The molecule has 0 aliphatic carbocycles. The number of carbonyl (C=O) groups excluding carboxylic acids is 2. The summed E-state index contributed by atoms with van der Waals surface area (Å²) in [6.45, 7) is 2.21. The highest BCUT2D eigenvalue weighted by molar-refractivity contribution is 6.39. The average Bonchev–Trinajstić information content (AvgIpc) is 2.39. The minimum absolute atomic E-state index is 0.309. The molecule has 0 atom stereocenters. The lowest BCUT2D eigenvalue weighted by Crippen LogP contribution is -2.36. The van der Waals surface area contributed by atoms with Crippen molar-refractivity contribution in [3.8, 4) is 0 Å². The summed E-state index contributed by atoms with van der Waals surface area (Å²) in [5.74, 6) is -6.72. The first-order valence-corrected chi connectivity index (χ1v) is 5.70. The number of unbranched alkanes of at least 4 members (excludes halogenated alkanes) is 1. The molecule has 19 heavy (non-hydrogen) atoms. The standard InChI is InChI=1S/C12H13F3N2O2/c1-2-3-6-16-11(18)12(19)17-8-5-4-7(13)9(14)10(8)15/h4-5H,2-3,6H2,1H3,(H,16,18)(H,17,19). The molecule has 0 unspecified atom stereocenters. The van der Waals surface area contributed by atoms with E-state index in [2.05, 4.69) is 5.32 Å². The van der Waals surface area contributed by atoms with E-state index in [-0.39, 0.29) is 0 Å². The molecule has 1 aromatic carbocycles. The maximum absolute atomic E-state index is 13.2. The number of benzene rings is 1. The lowest BCUT2D eigenvalue weighted by Gasteiger charge is -2.07. The molecule has 0 bridgehead atoms. The molecule has 0 aliphatic heterocycles. The fourth-order valence-corrected chi connectivity index (χ4v) is 1.26. The minimum Gasteiger partial charge on any atom is -0.348 e. The Morgan fingerprint density at radius 2 is 1.79 bits per heavy atom. The number of hydrogen-bond acceptors (Lipinski definition) is 2. The molecule has 0 aliphatic rings. The third-order valence-electron chi connectivity index (χ3n) is 2.31. The van der Waals surface area contributed by atoms with E-state index in [0.717, 1.165) is 12.5 Å². The molecule has 0 fully saturated rings. The van der Waals surface area contributed by atoms with E-state index in [1.807, 2.05) is 12.2 Å². The van der Waals surface area contributed by atoms with E-state index >= 15 is 0 Å². The number of amides is 2. The smallest absolute Gasteiger partial charge is 0.313 e. The summed E-state index contributed by atoms with van der Waals surface area (Å²) in [5, 5.41) is 4.18. The first kappa shape index (κ1) is 15.0. The summed E-state index contributed by atoms with van der Waals surface area (Å²) < 4.78 is 38.8. The second-order valence-corrected chi connectivity index (χ2v) is 3.79. The molecule has 1 aromatic rings. The minimum atomic E-state index is -1.70. The van der Waals surface area contributed by atoms with Gasteiger partial charge in [0, 0.05) is 6.54 Å². The van der Waals surface area contributed by atoms with E-state index in [1.54, 1.807) is 0 Å². The van der Waals surface area contributed by atoms with Crippen LogP contribution in [0.15, 0.2) is 12.1 Å². The van der Waals surface area contributed by atoms with Gasteiger partial charge in [0.1, 0.15) is 0 Å². The van der Waals surface area contributed by atoms with Crippen molar-refractivity contribution in [2.24, 2.45) is 0 Å². The molecule has 1 rings (SSSR count). The highest BCUT2D eigenvalue weighted by Crippen LogP contribution is 2.19. The second kappa shape index (κ2) is 6.77. The van der Waals surface area contributed by atoms with Crippen molar-refractivity contribution >= 4 is 17.5 Å². The van der Waals surface area contributed by atoms with Crippen LogP contribution in [0, 0.1) is 17.5 Å². The van der Waals surface area contributed by atoms with Crippen LogP contribution in [0.2, 0.25) is 0 Å². The fraction of sp³-hybridized carbons (Fsp3) is 0.333. The molecule has 0 spiro atoms. The van der Waals surface area contributed by atoms with Crippen LogP contribution in [0.25, 0.3) is 0 Å². The molecule has 2 N–H and O–H groups in total. The van der Waals surface area contributed by atoms with Gasteiger partial charge >= 0.3 is 11.8 Å². The van der Waals surface area contributed by atoms with Crippen LogP contribution in [-0.4, -0.2) is 18.4 Å². The summed E-state index contributed by atoms with van der Waals surface area (Å²) in [6.07, 6.45) is 1.53. The van der Waals surface area contributed by atoms with Gasteiger partial charge in [-0.25, -0.2) is 13.2 Å². The molecule has 0 heterocycles. The molecular weight excluding hydrogens is 261 g/mol. The van der Waals surface area contributed by atoms with Gasteiger partial charge in [0.2, 0.25) is 0 Å². The maximum Gasteiger partial charge on any atom is 0.313 e. The summed E-state index contributed by atoms with van der Waals surface area (Å²) in [7, 11) is 0.